The van der Waals surface area contributed by atoms with E-state index in [1.807, 2.05) is 67.8 Å². The van der Waals surface area contributed by atoms with Gasteiger partial charge in [0.25, 0.3) is 0 Å². The van der Waals surface area contributed by atoms with E-state index in [2.05, 4.69) is 172 Å². The first-order valence-corrected chi connectivity index (χ1v) is 44.5. The summed E-state index contributed by atoms with van der Waals surface area (Å²) in [6.45, 7) is 17.3. The molecule has 8 aliphatic rings. The summed E-state index contributed by atoms with van der Waals surface area (Å²) >= 11 is 25.3. The van der Waals surface area contributed by atoms with Crippen molar-refractivity contribution in [1.82, 2.24) is 89.2 Å². The van der Waals surface area contributed by atoms with Gasteiger partial charge in [0, 0.05) is 182 Å². The molecule has 4 saturated heterocycles. The molecule has 20 rings (SSSR count). The lowest BCUT2D eigenvalue weighted by Crippen LogP contribution is -2.48. The molecule has 3 atom stereocenters. The van der Waals surface area contributed by atoms with Gasteiger partial charge in [-0.2, -0.15) is 0 Å². The minimum absolute atomic E-state index is 0.209. The van der Waals surface area contributed by atoms with Gasteiger partial charge < -0.3 is 29.7 Å². The van der Waals surface area contributed by atoms with Gasteiger partial charge in [0.05, 0.1) is 60.2 Å². The monoisotopic (exact) mass is 1650 g/mol. The topological polar surface area (TPSA) is 186 Å². The maximum atomic E-state index is 6.35. The van der Waals surface area contributed by atoms with E-state index in [1.54, 1.807) is 30.9 Å². The average Bonchev–Trinajstić information content (AvgIpc) is 1.57. The number of nitrogens with zero attached hydrogens (tertiary/aromatic N) is 14. The van der Waals surface area contributed by atoms with E-state index in [0.29, 0.717) is 11.8 Å². The number of hydrogen-bond acceptors (Lipinski definition) is 14. The highest BCUT2D eigenvalue weighted by Crippen LogP contribution is 2.45. The van der Waals surface area contributed by atoms with Crippen LogP contribution < -0.4 is 0 Å². The van der Waals surface area contributed by atoms with Gasteiger partial charge in [-0.15, -0.1) is 0 Å². The van der Waals surface area contributed by atoms with Gasteiger partial charge in [-0.1, -0.05) is 101 Å². The molecule has 22 heteroatoms. The Hall–Kier alpha value is -9.02. The number of aryl methyl sites for hydroxylation is 10. The maximum Gasteiger partial charge on any atom is 0.0922 e. The van der Waals surface area contributed by atoms with Crippen LogP contribution in [0.25, 0.3) is 5.57 Å². The number of H-pyrrole nitrogens is 4. The fourth-order valence-electron chi connectivity index (χ4n) is 19.6. The Kier molecular flexibility index (Phi) is 27.2. The zero-order chi connectivity index (χ0) is 79.9. The SMILES string of the molecule is Clc1ccc2c(c1)CCc1cccnc1C2=C1CCN(CCCCc2cnc[nH]2)CC1.Clc1ccc2c(c1)CCc1cccnc1C2C1CCN(Cc2cnc[nH]2)CC1.Clc1ccc2c(c1)CCc1cccnc1C2N1CCN(CCCCc2cnc[nH]2)CC1.Clc1ccc2c(c1)CCc1cccnc1C2N1CCN(Cc2cnc[nH]2)CC1. The highest BCUT2D eigenvalue weighted by atomic mass is 35.5. The average molecular weight is 1660 g/mol. The fraction of sp³-hybridized carbons (Fsp3) is 0.396. The predicted molar refractivity (Wildman–Crippen MR) is 473 cm³/mol. The first kappa shape index (κ1) is 81.3. The van der Waals surface area contributed by atoms with E-state index in [0.717, 1.165) is 189 Å². The van der Waals surface area contributed by atoms with Crippen molar-refractivity contribution in [3.05, 3.63) is 334 Å². The lowest BCUT2D eigenvalue weighted by Gasteiger charge is -2.39. The Morgan fingerprint density at radius 2 is 0.729 bits per heavy atom. The minimum atomic E-state index is 0.209. The third kappa shape index (κ3) is 20.0. The quantitative estimate of drug-likeness (QED) is 0.0631. The number of fused-ring (bicyclic) bond motifs is 8. The molecule has 0 spiro atoms. The van der Waals surface area contributed by atoms with Gasteiger partial charge in [-0.25, -0.2) is 19.9 Å². The molecule has 12 heterocycles. The van der Waals surface area contributed by atoms with E-state index < -0.39 is 0 Å². The van der Waals surface area contributed by atoms with E-state index >= 15 is 0 Å². The summed E-state index contributed by atoms with van der Waals surface area (Å²) in [5.74, 6) is 0.991. The van der Waals surface area contributed by atoms with Crippen LogP contribution >= 0.6 is 46.4 Å². The first-order valence-electron chi connectivity index (χ1n) is 43.0. The number of imidazole rings is 4. The second-order valence-corrected chi connectivity index (χ2v) is 34.9. The number of rotatable bonds is 17. The molecule has 118 heavy (non-hydrogen) atoms. The summed E-state index contributed by atoms with van der Waals surface area (Å²) in [6.07, 6.45) is 42.4. The van der Waals surface area contributed by atoms with Crippen molar-refractivity contribution in [3.8, 4) is 0 Å². The van der Waals surface area contributed by atoms with Crippen molar-refractivity contribution in [2.75, 3.05) is 91.6 Å². The van der Waals surface area contributed by atoms with Crippen LogP contribution in [0.1, 0.15) is 182 Å². The lowest BCUT2D eigenvalue weighted by molar-refractivity contribution is 0.102. The highest BCUT2D eigenvalue weighted by Gasteiger charge is 2.37. The van der Waals surface area contributed by atoms with E-state index in [9.17, 15) is 0 Å². The predicted octanol–water partition coefficient (Wildman–Crippen LogP) is 17.8. The summed E-state index contributed by atoms with van der Waals surface area (Å²) in [5.41, 5.74) is 29.2. The molecule has 610 valence electrons. The van der Waals surface area contributed by atoms with E-state index in [-0.39, 0.29) is 12.1 Å². The summed E-state index contributed by atoms with van der Waals surface area (Å²) in [6, 6.07) is 43.4. The molecule has 0 bridgehead atoms. The molecule has 0 radical (unpaired) electrons. The number of pyridine rings is 4. The van der Waals surface area contributed by atoms with Gasteiger partial charge in [-0.3, -0.25) is 39.5 Å². The number of piperazine rings is 2. The molecule has 4 aliphatic heterocycles. The lowest BCUT2D eigenvalue weighted by atomic mass is 9.76. The van der Waals surface area contributed by atoms with Crippen molar-refractivity contribution in [2.24, 2.45) is 5.92 Å². The smallest absolute Gasteiger partial charge is 0.0922 e. The molecule has 4 aliphatic carbocycles. The van der Waals surface area contributed by atoms with Crippen LogP contribution in [0.5, 0.6) is 0 Å². The van der Waals surface area contributed by atoms with Crippen LogP contribution in [0.2, 0.25) is 20.1 Å². The molecule has 12 aromatic rings. The van der Waals surface area contributed by atoms with Gasteiger partial charge >= 0.3 is 0 Å². The van der Waals surface area contributed by atoms with Gasteiger partial charge in [0.2, 0.25) is 0 Å². The summed E-state index contributed by atoms with van der Waals surface area (Å²) in [5, 5.41) is 3.31. The van der Waals surface area contributed by atoms with Crippen LogP contribution in [0.15, 0.2) is 202 Å². The number of hydrogen-bond donors (Lipinski definition) is 4. The Bertz CT molecular complexity index is 5090. The number of likely N-dealkylation sites (tertiary alicyclic amines) is 2. The third-order valence-electron chi connectivity index (χ3n) is 25.8. The molecule has 0 saturated carbocycles. The summed E-state index contributed by atoms with van der Waals surface area (Å²) in [4.78, 5) is 64.2. The Morgan fingerprint density at radius 3 is 1.23 bits per heavy atom. The zero-order valence-electron chi connectivity index (χ0n) is 67.6. The Labute approximate surface area is 714 Å². The second-order valence-electron chi connectivity index (χ2n) is 33.1. The van der Waals surface area contributed by atoms with Crippen LogP contribution in [0.3, 0.4) is 0 Å². The molecule has 18 nitrogen and oxygen atoms in total. The summed E-state index contributed by atoms with van der Waals surface area (Å²) < 4.78 is 0. The van der Waals surface area contributed by atoms with Gasteiger partial charge in [-0.05, 0) is 287 Å². The minimum Gasteiger partial charge on any atom is -0.348 e. The van der Waals surface area contributed by atoms with Crippen LogP contribution in [0, 0.1) is 5.92 Å². The number of aromatic nitrogens is 12. The van der Waals surface area contributed by atoms with Crippen LogP contribution in [-0.2, 0) is 77.3 Å². The van der Waals surface area contributed by atoms with Crippen molar-refractivity contribution in [3.63, 3.8) is 0 Å². The van der Waals surface area contributed by atoms with Crippen LogP contribution in [0.4, 0.5) is 0 Å². The number of benzene rings is 4. The van der Waals surface area contributed by atoms with Crippen molar-refractivity contribution in [1.29, 1.82) is 0 Å². The fourth-order valence-corrected chi connectivity index (χ4v) is 20.4. The molecule has 0 amide bonds. The number of halogens is 4. The second kappa shape index (κ2) is 39.5. The van der Waals surface area contributed by atoms with E-state index in [4.69, 9.17) is 66.3 Å². The Morgan fingerprint density at radius 1 is 0.339 bits per heavy atom. The molecular formula is C96H108Cl4N18. The molecular weight excluding hydrogens is 1550 g/mol. The van der Waals surface area contributed by atoms with Crippen molar-refractivity contribution >= 4 is 52.0 Å². The largest absolute Gasteiger partial charge is 0.348 e. The standard InChI is InChI=1S/C26H29ClN4.C25H30ClN5.C23H25ClN4.C22H24ClN5/c27-22-8-9-24-21(16-22)7-6-20-4-3-12-29-26(20)25(24)19-10-14-31(15-11-19)13-2-1-5-23-17-28-18-30-23;26-21-8-9-23-20(16-21)7-6-19-4-3-10-28-24(19)25(23)31-14-12-30(13-15-31)11-2-1-5-22-17-27-18-29-22;24-19-5-6-21-18(12-19)4-3-17-2-1-9-26-23(17)22(21)16-7-10-28(11-8-16)14-20-13-25-15-27-20;23-18-5-6-20-17(12-18)4-3-16-2-1-7-25-21(16)22(20)28-10-8-27(9-11-28)14-19-13-24-15-26-19/h3-4,8-9,12,16-18H,1-2,5-7,10-11,13-15H2,(H,28,30);3-4,8-10,16-18,25H,1-2,5-7,11-15H2,(H,27,29);1-2,5-6,9,12-13,15-16,22H,3-4,7-8,10-11,14H2,(H,25,27);1-2,5-7,12-13,15,22H,3-4,8-11,14H2,(H,24,26). The number of piperidine rings is 2. The maximum absolute atomic E-state index is 6.35. The summed E-state index contributed by atoms with van der Waals surface area (Å²) in [7, 11) is 0. The molecule has 4 N–H and O–H groups in total. The number of nitrogens with one attached hydrogen (secondary N) is 4. The molecule has 4 fully saturated rings. The normalized spacial score (nSPS) is 19.2. The first-order chi connectivity index (χ1) is 58.1. The number of unbranched alkanes of at least 4 members (excludes halogenated alkanes) is 2. The van der Waals surface area contributed by atoms with E-state index in [1.165, 1.54) is 170 Å². The van der Waals surface area contributed by atoms with Crippen LogP contribution in [-0.4, -0.2) is 181 Å². The molecule has 3 unspecified atom stereocenters. The van der Waals surface area contributed by atoms with Gasteiger partial charge in [0.15, 0.2) is 0 Å². The van der Waals surface area contributed by atoms with Gasteiger partial charge in [0.1, 0.15) is 0 Å². The Balaban J connectivity index is 0.000000113. The highest BCUT2D eigenvalue weighted by molar-refractivity contribution is 6.31. The molecule has 4 aromatic carbocycles. The third-order valence-corrected chi connectivity index (χ3v) is 26.7. The zero-order valence-corrected chi connectivity index (χ0v) is 70.6. The van der Waals surface area contributed by atoms with Crippen molar-refractivity contribution in [2.45, 2.75) is 147 Å². The molecule has 8 aromatic heterocycles. The number of aromatic amines is 4. The van der Waals surface area contributed by atoms with Crippen molar-refractivity contribution < 1.29 is 0 Å².